The standard InChI is InChI=1S/C28H27N5O2S/c1-16-13-29-26-25-21-6-7-22(31-23(21)8-9-24(25)36-27(26)28(35)30-16)17-2-4-18(5-3-17)32-14-19-12-20(15-32)33(19)10-11-34/h2-9,11,16,19-20,29H,10,12-15H2,1H3,(H,30,35)/t16-,19?,20?/m1/s1. The van der Waals surface area contributed by atoms with Crippen LogP contribution in [0.15, 0.2) is 48.5 Å². The van der Waals surface area contributed by atoms with Gasteiger partial charge in [-0.1, -0.05) is 12.1 Å². The van der Waals surface area contributed by atoms with Crippen molar-refractivity contribution in [2.75, 3.05) is 36.4 Å². The molecule has 4 aliphatic rings. The largest absolute Gasteiger partial charge is 0.381 e. The van der Waals surface area contributed by atoms with E-state index < -0.39 is 0 Å². The molecule has 36 heavy (non-hydrogen) atoms. The highest BCUT2D eigenvalue weighted by Gasteiger charge is 2.44. The average molecular weight is 498 g/mol. The zero-order chi connectivity index (χ0) is 24.4. The molecule has 2 aromatic carbocycles. The lowest BCUT2D eigenvalue weighted by molar-refractivity contribution is -0.113. The number of nitrogens with zero attached hydrogens (tertiary/aromatic N) is 3. The summed E-state index contributed by atoms with van der Waals surface area (Å²) in [6.07, 6.45) is 2.22. The lowest BCUT2D eigenvalue weighted by atomic mass is 9.87. The van der Waals surface area contributed by atoms with Crippen LogP contribution >= 0.6 is 11.3 Å². The van der Waals surface area contributed by atoms with Crippen LogP contribution in [0.25, 0.3) is 32.2 Å². The summed E-state index contributed by atoms with van der Waals surface area (Å²) in [7, 11) is 0. The fourth-order valence-electron chi connectivity index (χ4n) is 6.01. The van der Waals surface area contributed by atoms with E-state index >= 15 is 0 Å². The highest BCUT2D eigenvalue weighted by atomic mass is 32.1. The Bertz CT molecular complexity index is 1500. The van der Waals surface area contributed by atoms with Gasteiger partial charge in [-0.2, -0.15) is 0 Å². The number of pyridine rings is 1. The monoisotopic (exact) mass is 497 g/mol. The van der Waals surface area contributed by atoms with Gasteiger partial charge in [0.15, 0.2) is 0 Å². The molecule has 182 valence electrons. The van der Waals surface area contributed by atoms with Gasteiger partial charge in [0.1, 0.15) is 11.2 Å². The lowest BCUT2D eigenvalue weighted by Gasteiger charge is -2.56. The second-order valence-electron chi connectivity index (χ2n) is 10.1. The Balaban J connectivity index is 1.18. The number of hydrogen-bond donors (Lipinski definition) is 2. The molecule has 2 aromatic heterocycles. The first-order chi connectivity index (χ1) is 17.6. The highest BCUT2D eigenvalue weighted by molar-refractivity contribution is 7.21. The van der Waals surface area contributed by atoms with Gasteiger partial charge in [-0.15, -0.1) is 11.3 Å². The van der Waals surface area contributed by atoms with E-state index in [1.807, 2.05) is 6.92 Å². The Kier molecular flexibility index (Phi) is 5.01. The first-order valence-corrected chi connectivity index (χ1v) is 13.4. The second kappa shape index (κ2) is 8.28. The third-order valence-electron chi connectivity index (χ3n) is 7.85. The molecule has 3 saturated heterocycles. The molecule has 4 aromatic rings. The van der Waals surface area contributed by atoms with Crippen LogP contribution in [-0.2, 0) is 4.79 Å². The molecular formula is C28H27N5O2S. The highest BCUT2D eigenvalue weighted by Crippen LogP contribution is 2.41. The number of thiophene rings is 1. The van der Waals surface area contributed by atoms with E-state index in [-0.39, 0.29) is 11.9 Å². The van der Waals surface area contributed by atoms with Gasteiger partial charge >= 0.3 is 0 Å². The molecule has 0 saturated carbocycles. The minimum Gasteiger partial charge on any atom is -0.381 e. The lowest BCUT2D eigenvalue weighted by Crippen LogP contribution is -2.69. The summed E-state index contributed by atoms with van der Waals surface area (Å²) in [5, 5.41) is 8.69. The van der Waals surface area contributed by atoms with Crippen LogP contribution in [-0.4, -0.2) is 66.4 Å². The van der Waals surface area contributed by atoms with E-state index in [1.54, 1.807) is 0 Å². The molecular weight excluding hydrogens is 470 g/mol. The number of carbonyl (C=O) groups excluding carboxylic acids is 2. The maximum absolute atomic E-state index is 12.7. The van der Waals surface area contributed by atoms with Crippen LogP contribution in [0.4, 0.5) is 11.4 Å². The van der Waals surface area contributed by atoms with Crippen molar-refractivity contribution >= 4 is 55.9 Å². The minimum atomic E-state index is -0.0102. The van der Waals surface area contributed by atoms with Crippen LogP contribution in [0.5, 0.6) is 0 Å². The van der Waals surface area contributed by atoms with Crippen LogP contribution in [0, 0.1) is 0 Å². The number of piperazine rings is 1. The van der Waals surface area contributed by atoms with E-state index in [2.05, 4.69) is 69.0 Å². The number of piperidine rings is 1. The number of anilines is 2. The smallest absolute Gasteiger partial charge is 0.263 e. The van der Waals surface area contributed by atoms with Gasteiger partial charge in [-0.3, -0.25) is 9.69 Å². The molecule has 7 nitrogen and oxygen atoms in total. The molecule has 2 bridgehead atoms. The van der Waals surface area contributed by atoms with Gasteiger partial charge in [-0.05, 0) is 49.7 Å². The van der Waals surface area contributed by atoms with E-state index in [9.17, 15) is 9.59 Å². The van der Waals surface area contributed by atoms with Crippen LogP contribution in [0.2, 0.25) is 0 Å². The predicted molar refractivity (Wildman–Crippen MR) is 145 cm³/mol. The van der Waals surface area contributed by atoms with Gasteiger partial charge in [0.25, 0.3) is 5.91 Å². The van der Waals surface area contributed by atoms with Gasteiger partial charge in [0, 0.05) is 64.5 Å². The molecule has 3 fully saturated rings. The number of aldehydes is 1. The van der Waals surface area contributed by atoms with Crippen molar-refractivity contribution in [1.29, 1.82) is 0 Å². The Morgan fingerprint density at radius 2 is 1.89 bits per heavy atom. The fourth-order valence-corrected chi connectivity index (χ4v) is 7.11. The van der Waals surface area contributed by atoms with Crippen molar-refractivity contribution in [3.8, 4) is 11.3 Å². The fraction of sp³-hybridized carbons (Fsp3) is 0.321. The quantitative estimate of drug-likeness (QED) is 0.413. The molecule has 2 N–H and O–H groups in total. The topological polar surface area (TPSA) is 77.6 Å². The Morgan fingerprint density at radius 3 is 2.67 bits per heavy atom. The van der Waals surface area contributed by atoms with Crippen LogP contribution < -0.4 is 15.5 Å². The summed E-state index contributed by atoms with van der Waals surface area (Å²) in [4.78, 5) is 34.1. The number of aromatic nitrogens is 1. The summed E-state index contributed by atoms with van der Waals surface area (Å²) < 4.78 is 1.09. The molecule has 4 aliphatic heterocycles. The second-order valence-corrected chi connectivity index (χ2v) is 11.2. The predicted octanol–water partition coefficient (Wildman–Crippen LogP) is 4.12. The number of nitrogens with one attached hydrogen (secondary N) is 2. The number of hydrogen-bond acceptors (Lipinski definition) is 7. The molecule has 8 rings (SSSR count). The zero-order valence-electron chi connectivity index (χ0n) is 20.0. The number of benzene rings is 2. The van der Waals surface area contributed by atoms with E-state index in [0.717, 1.165) is 62.2 Å². The van der Waals surface area contributed by atoms with Gasteiger partial charge in [0.05, 0.1) is 23.4 Å². The number of rotatable bonds is 4. The SMILES string of the molecule is C[C@@H]1CNc2c(sc3ccc4nc(-c5ccc(N6CC7CC(C6)N7CC=O)cc5)ccc4c23)C(=O)N1. The zero-order valence-corrected chi connectivity index (χ0v) is 20.8. The number of amides is 1. The van der Waals surface area contributed by atoms with E-state index in [0.29, 0.717) is 25.2 Å². The number of carbonyl (C=O) groups is 2. The molecule has 0 spiro atoms. The van der Waals surface area contributed by atoms with Gasteiger partial charge in [-0.25, -0.2) is 4.98 Å². The Hall–Kier alpha value is -3.49. The summed E-state index contributed by atoms with van der Waals surface area (Å²) >= 11 is 1.53. The molecule has 2 unspecified atom stereocenters. The maximum atomic E-state index is 12.7. The van der Waals surface area contributed by atoms with Crippen molar-refractivity contribution in [3.05, 3.63) is 53.4 Å². The molecule has 0 aliphatic carbocycles. The van der Waals surface area contributed by atoms with Crippen LogP contribution in [0.1, 0.15) is 23.0 Å². The third kappa shape index (κ3) is 3.39. The van der Waals surface area contributed by atoms with Gasteiger partial charge in [0.2, 0.25) is 0 Å². The van der Waals surface area contributed by atoms with Crippen molar-refractivity contribution < 1.29 is 9.59 Å². The number of fused-ring (bicyclic) bond motifs is 7. The molecule has 0 radical (unpaired) electrons. The third-order valence-corrected chi connectivity index (χ3v) is 9.00. The van der Waals surface area contributed by atoms with E-state index in [4.69, 9.17) is 4.98 Å². The summed E-state index contributed by atoms with van der Waals surface area (Å²) in [6.45, 7) is 5.22. The molecule has 6 heterocycles. The van der Waals surface area contributed by atoms with Crippen molar-refractivity contribution in [2.45, 2.75) is 31.5 Å². The maximum Gasteiger partial charge on any atom is 0.263 e. The normalized spacial score (nSPS) is 23.5. The minimum absolute atomic E-state index is 0.0102. The van der Waals surface area contributed by atoms with Crippen molar-refractivity contribution in [1.82, 2.24) is 15.2 Å². The summed E-state index contributed by atoms with van der Waals surface area (Å²) in [5.41, 5.74) is 5.10. The Morgan fingerprint density at radius 1 is 1.08 bits per heavy atom. The van der Waals surface area contributed by atoms with Gasteiger partial charge < -0.3 is 20.3 Å². The van der Waals surface area contributed by atoms with Crippen molar-refractivity contribution in [2.24, 2.45) is 0 Å². The van der Waals surface area contributed by atoms with E-state index in [1.165, 1.54) is 23.4 Å². The molecule has 3 atom stereocenters. The molecule has 8 heteroatoms. The summed E-state index contributed by atoms with van der Waals surface area (Å²) in [6, 6.07) is 18.1. The molecule has 1 amide bonds. The first-order valence-electron chi connectivity index (χ1n) is 12.5. The Labute approximate surface area is 213 Å². The average Bonchev–Trinajstić information content (AvgIpc) is 3.23. The van der Waals surface area contributed by atoms with Crippen molar-refractivity contribution in [3.63, 3.8) is 0 Å². The summed E-state index contributed by atoms with van der Waals surface area (Å²) in [5.74, 6) is -0.0102. The first kappa shape index (κ1) is 21.8. The van der Waals surface area contributed by atoms with Crippen LogP contribution in [0.3, 0.4) is 0 Å².